The summed E-state index contributed by atoms with van der Waals surface area (Å²) in [5.74, 6) is 0.395. The van der Waals surface area contributed by atoms with Gasteiger partial charge in [-0.25, -0.2) is 5.43 Å². The maximum atomic E-state index is 12.5. The number of nitrogens with one attached hydrogen (secondary N) is 1. The highest BCUT2D eigenvalue weighted by atomic mass is 32.2. The fourth-order valence-electron chi connectivity index (χ4n) is 3.66. The van der Waals surface area contributed by atoms with Gasteiger partial charge < -0.3 is 0 Å². The molecule has 0 aliphatic rings. The van der Waals surface area contributed by atoms with Crippen molar-refractivity contribution in [2.45, 2.75) is 38.3 Å². The Hall–Kier alpha value is -4.31. The third-order valence-electron chi connectivity index (χ3n) is 5.75. The fourth-order valence-corrected chi connectivity index (χ4v) is 4.40. The Labute approximate surface area is 225 Å². The van der Waals surface area contributed by atoms with E-state index in [4.69, 9.17) is 0 Å². The summed E-state index contributed by atoms with van der Waals surface area (Å²) in [4.78, 5) is 22.9. The molecule has 10 heteroatoms. The second kappa shape index (κ2) is 11.4. The minimum atomic E-state index is -0.482. The van der Waals surface area contributed by atoms with Gasteiger partial charge in [-0.3, -0.25) is 19.5 Å². The molecule has 0 radical (unpaired) electrons. The van der Waals surface area contributed by atoms with Gasteiger partial charge in [0, 0.05) is 28.9 Å². The molecule has 0 fully saturated rings. The molecule has 0 unspecified atom stereocenters. The lowest BCUT2D eigenvalue weighted by Gasteiger charge is -2.19. The molecule has 0 atom stereocenters. The van der Waals surface area contributed by atoms with Gasteiger partial charge in [-0.15, -0.1) is 10.2 Å². The van der Waals surface area contributed by atoms with E-state index in [1.807, 2.05) is 47.9 Å². The monoisotopic (exact) mass is 528 g/mol. The van der Waals surface area contributed by atoms with Crippen LogP contribution in [-0.4, -0.2) is 37.6 Å². The number of carbonyl (C=O) groups excluding carboxylic acids is 1. The number of nitrogens with zero attached hydrogens (tertiary/aromatic N) is 5. The number of aryl methyl sites for hydroxylation is 1. The summed E-state index contributed by atoms with van der Waals surface area (Å²) in [5.41, 5.74) is 7.12. The van der Waals surface area contributed by atoms with E-state index in [-0.39, 0.29) is 22.8 Å². The zero-order chi connectivity index (χ0) is 27.3. The van der Waals surface area contributed by atoms with Crippen molar-refractivity contribution in [2.24, 2.45) is 5.10 Å². The van der Waals surface area contributed by atoms with Gasteiger partial charge in [-0.2, -0.15) is 5.10 Å². The number of hydrogen-bond acceptors (Lipinski definition) is 7. The molecule has 0 saturated heterocycles. The Morgan fingerprint density at radius 2 is 1.79 bits per heavy atom. The van der Waals surface area contributed by atoms with Crippen molar-refractivity contribution >= 4 is 29.6 Å². The highest BCUT2D eigenvalue weighted by Gasteiger charge is 2.19. The standard InChI is InChI=1S/C28H28N6O3S/c1-19-8-14-23(15-9-19)33-26(21-10-12-22(13-11-21)28(2,3)4)31-32-27(33)38-18-25(35)30-29-17-20-6-5-7-24(16-20)34(36)37/h5-17H,18H2,1-4H3,(H,30,35)/b29-17+. The number of hydrogen-bond donors (Lipinski definition) is 1. The van der Waals surface area contributed by atoms with Gasteiger partial charge in [0.2, 0.25) is 0 Å². The molecular weight excluding hydrogens is 500 g/mol. The van der Waals surface area contributed by atoms with Crippen molar-refractivity contribution in [2.75, 3.05) is 5.75 Å². The van der Waals surface area contributed by atoms with Crippen LogP contribution in [0.4, 0.5) is 5.69 Å². The number of amides is 1. The maximum absolute atomic E-state index is 12.5. The van der Waals surface area contributed by atoms with Crippen LogP contribution in [-0.2, 0) is 10.2 Å². The van der Waals surface area contributed by atoms with Gasteiger partial charge in [-0.1, -0.05) is 86.6 Å². The highest BCUT2D eigenvalue weighted by Crippen LogP contribution is 2.30. The van der Waals surface area contributed by atoms with Gasteiger partial charge >= 0.3 is 0 Å². The lowest BCUT2D eigenvalue weighted by Crippen LogP contribution is -2.20. The Balaban J connectivity index is 1.52. The predicted molar refractivity (Wildman–Crippen MR) is 150 cm³/mol. The summed E-state index contributed by atoms with van der Waals surface area (Å²) >= 11 is 1.24. The first-order valence-electron chi connectivity index (χ1n) is 11.9. The second-order valence-corrected chi connectivity index (χ2v) is 10.7. The first-order valence-corrected chi connectivity index (χ1v) is 12.9. The van der Waals surface area contributed by atoms with Crippen molar-refractivity contribution in [3.05, 3.63) is 99.6 Å². The van der Waals surface area contributed by atoms with Crippen molar-refractivity contribution in [3.63, 3.8) is 0 Å². The Morgan fingerprint density at radius 3 is 2.45 bits per heavy atom. The largest absolute Gasteiger partial charge is 0.272 e. The van der Waals surface area contributed by atoms with Crippen molar-refractivity contribution < 1.29 is 9.72 Å². The zero-order valence-corrected chi connectivity index (χ0v) is 22.4. The summed E-state index contributed by atoms with van der Waals surface area (Å²) < 4.78 is 1.94. The molecule has 4 rings (SSSR count). The van der Waals surface area contributed by atoms with E-state index in [2.05, 4.69) is 53.6 Å². The number of non-ortho nitro benzene ring substituents is 1. The quantitative estimate of drug-likeness (QED) is 0.136. The number of thioether (sulfide) groups is 1. The van der Waals surface area contributed by atoms with Crippen LogP contribution in [0.25, 0.3) is 17.1 Å². The normalized spacial score (nSPS) is 11.6. The highest BCUT2D eigenvalue weighted by molar-refractivity contribution is 7.99. The van der Waals surface area contributed by atoms with E-state index in [0.717, 1.165) is 16.8 Å². The van der Waals surface area contributed by atoms with Crippen molar-refractivity contribution in [1.29, 1.82) is 0 Å². The Bertz CT molecular complexity index is 1470. The molecule has 0 spiro atoms. The summed E-state index contributed by atoms with van der Waals surface area (Å²) in [6, 6.07) is 22.3. The molecule has 194 valence electrons. The third-order valence-corrected chi connectivity index (χ3v) is 6.68. The van der Waals surface area contributed by atoms with Crippen LogP contribution in [0.2, 0.25) is 0 Å². The van der Waals surface area contributed by atoms with E-state index >= 15 is 0 Å². The first-order chi connectivity index (χ1) is 18.1. The van der Waals surface area contributed by atoms with Crippen molar-refractivity contribution in [1.82, 2.24) is 20.2 Å². The summed E-state index contributed by atoms with van der Waals surface area (Å²) in [7, 11) is 0. The predicted octanol–water partition coefficient (Wildman–Crippen LogP) is 5.69. The van der Waals surface area contributed by atoms with E-state index in [9.17, 15) is 14.9 Å². The number of carbonyl (C=O) groups is 1. The van der Waals surface area contributed by atoms with Crippen LogP contribution < -0.4 is 5.43 Å². The lowest BCUT2D eigenvalue weighted by atomic mass is 9.87. The fraction of sp³-hybridized carbons (Fsp3) is 0.214. The van der Waals surface area contributed by atoms with Gasteiger partial charge in [0.15, 0.2) is 11.0 Å². The average molecular weight is 529 g/mol. The molecule has 1 heterocycles. The molecule has 1 amide bonds. The van der Waals surface area contributed by atoms with Gasteiger partial charge in [0.1, 0.15) is 0 Å². The minimum Gasteiger partial charge on any atom is -0.272 e. The molecule has 1 aromatic heterocycles. The molecule has 0 aliphatic carbocycles. The van der Waals surface area contributed by atoms with E-state index < -0.39 is 4.92 Å². The number of benzene rings is 3. The third kappa shape index (κ3) is 6.51. The number of hydrazone groups is 1. The Kier molecular flexibility index (Phi) is 8.02. The average Bonchev–Trinajstić information content (AvgIpc) is 3.31. The van der Waals surface area contributed by atoms with Crippen LogP contribution in [0.5, 0.6) is 0 Å². The van der Waals surface area contributed by atoms with Crippen LogP contribution in [0.1, 0.15) is 37.5 Å². The van der Waals surface area contributed by atoms with Gasteiger partial charge in [-0.05, 0) is 30.0 Å². The molecule has 1 N–H and O–H groups in total. The smallest absolute Gasteiger partial charge is 0.270 e. The molecule has 0 saturated carbocycles. The molecule has 4 aromatic rings. The SMILES string of the molecule is Cc1ccc(-n2c(SCC(=O)N/N=C/c3cccc([N+](=O)[O-])c3)nnc2-c2ccc(C(C)(C)C)cc2)cc1. The van der Waals surface area contributed by atoms with Gasteiger partial charge in [0.25, 0.3) is 11.6 Å². The van der Waals surface area contributed by atoms with Crippen molar-refractivity contribution in [3.8, 4) is 17.1 Å². The summed E-state index contributed by atoms with van der Waals surface area (Å²) in [5, 5.41) is 24.3. The number of nitro benzene ring substituents is 1. The topological polar surface area (TPSA) is 115 Å². The number of nitro groups is 1. The summed E-state index contributed by atoms with van der Waals surface area (Å²) in [6.07, 6.45) is 1.36. The van der Waals surface area contributed by atoms with Crippen LogP contribution >= 0.6 is 11.8 Å². The maximum Gasteiger partial charge on any atom is 0.270 e. The van der Waals surface area contributed by atoms with Crippen LogP contribution in [0.15, 0.2) is 83.1 Å². The van der Waals surface area contributed by atoms with Gasteiger partial charge in [0.05, 0.1) is 16.9 Å². The molecule has 38 heavy (non-hydrogen) atoms. The molecule has 0 aliphatic heterocycles. The second-order valence-electron chi connectivity index (χ2n) is 9.74. The Morgan fingerprint density at radius 1 is 1.08 bits per heavy atom. The first kappa shape index (κ1) is 26.7. The number of rotatable bonds is 8. The summed E-state index contributed by atoms with van der Waals surface area (Å²) in [6.45, 7) is 8.54. The van der Waals surface area contributed by atoms with Crippen LogP contribution in [0.3, 0.4) is 0 Å². The van der Waals surface area contributed by atoms with Crippen LogP contribution in [0, 0.1) is 17.0 Å². The van der Waals surface area contributed by atoms with E-state index in [1.54, 1.807) is 12.1 Å². The molecule has 9 nitrogen and oxygen atoms in total. The number of aromatic nitrogens is 3. The molecule has 0 bridgehead atoms. The zero-order valence-electron chi connectivity index (χ0n) is 21.6. The lowest BCUT2D eigenvalue weighted by molar-refractivity contribution is -0.384. The van der Waals surface area contributed by atoms with E-state index in [0.29, 0.717) is 16.5 Å². The van der Waals surface area contributed by atoms with E-state index in [1.165, 1.54) is 35.7 Å². The molecule has 3 aromatic carbocycles. The molecular formula is C28H28N6O3S. The minimum absolute atomic E-state index is 0.0369.